The number of hydrogen-bond donors (Lipinski definition) is 1. The number of ether oxygens (including phenoxy) is 1. The fourth-order valence-corrected chi connectivity index (χ4v) is 3.05. The summed E-state index contributed by atoms with van der Waals surface area (Å²) in [4.78, 5) is 25.1. The summed E-state index contributed by atoms with van der Waals surface area (Å²) in [6.45, 7) is 5.90. The normalized spacial score (nSPS) is 17.8. The van der Waals surface area contributed by atoms with Crippen molar-refractivity contribution in [2.45, 2.75) is 19.5 Å². The summed E-state index contributed by atoms with van der Waals surface area (Å²) in [7, 11) is 1.43. The van der Waals surface area contributed by atoms with Gasteiger partial charge in [-0.1, -0.05) is 12.1 Å². The number of methoxy groups -OCH3 is 1. The average molecular weight is 329 g/mol. The summed E-state index contributed by atoms with van der Waals surface area (Å²) in [6, 6.07) is 7.56. The van der Waals surface area contributed by atoms with Gasteiger partial charge in [0.25, 0.3) is 0 Å². The minimum atomic E-state index is -0.204. The van der Waals surface area contributed by atoms with E-state index in [2.05, 4.69) is 19.8 Å². The molecule has 128 valence electrons. The highest BCUT2D eigenvalue weighted by Crippen LogP contribution is 2.18. The first-order valence-corrected chi connectivity index (χ1v) is 8.14. The predicted octanol–water partition coefficient (Wildman–Crippen LogP) is 0.891. The number of carbonyl (C=O) groups is 1. The molecule has 1 aliphatic rings. The van der Waals surface area contributed by atoms with E-state index in [1.807, 2.05) is 31.2 Å². The molecule has 2 N–H and O–H groups in total. The molecular formula is C17H23N5O2. The standard InChI is InChI=1S/C17H23N5O2/c1-12(17(23)24-2)22-9-7-21(8-10-22)11-15-19-14-6-4-3-5-13(14)16(18)20-15/h3-6,12H,7-11H2,1-2H3,(H2,18,19,20)/t12-/m0/s1. The zero-order valence-electron chi connectivity index (χ0n) is 14.1. The number of benzene rings is 1. The van der Waals surface area contributed by atoms with Gasteiger partial charge in [-0.25, -0.2) is 9.97 Å². The first-order chi connectivity index (χ1) is 11.6. The second-order valence-corrected chi connectivity index (χ2v) is 6.05. The maximum atomic E-state index is 11.6. The van der Waals surface area contributed by atoms with E-state index < -0.39 is 0 Å². The van der Waals surface area contributed by atoms with Crippen LogP contribution < -0.4 is 5.73 Å². The second-order valence-electron chi connectivity index (χ2n) is 6.05. The predicted molar refractivity (Wildman–Crippen MR) is 92.3 cm³/mol. The lowest BCUT2D eigenvalue weighted by atomic mass is 10.2. The van der Waals surface area contributed by atoms with E-state index in [4.69, 9.17) is 10.5 Å². The van der Waals surface area contributed by atoms with E-state index in [0.717, 1.165) is 42.9 Å². The number of anilines is 1. The molecule has 1 aliphatic heterocycles. The van der Waals surface area contributed by atoms with E-state index in [1.165, 1.54) is 7.11 Å². The van der Waals surface area contributed by atoms with Gasteiger partial charge in [0.15, 0.2) is 0 Å². The Bertz CT molecular complexity index is 728. The minimum absolute atomic E-state index is 0.186. The van der Waals surface area contributed by atoms with Crippen LogP contribution in [0.5, 0.6) is 0 Å². The van der Waals surface area contributed by atoms with Crippen LogP contribution >= 0.6 is 0 Å². The Kier molecular flexibility index (Phi) is 4.92. The molecule has 3 rings (SSSR count). The summed E-state index contributed by atoms with van der Waals surface area (Å²) in [5.74, 6) is 1.07. The van der Waals surface area contributed by atoms with Gasteiger partial charge >= 0.3 is 5.97 Å². The van der Waals surface area contributed by atoms with Gasteiger partial charge in [0.1, 0.15) is 17.7 Å². The summed E-state index contributed by atoms with van der Waals surface area (Å²) in [5.41, 5.74) is 6.92. The number of rotatable bonds is 4. The summed E-state index contributed by atoms with van der Waals surface area (Å²) in [5, 5.41) is 0.887. The van der Waals surface area contributed by atoms with Crippen molar-refractivity contribution in [2.75, 3.05) is 39.0 Å². The van der Waals surface area contributed by atoms with Crippen molar-refractivity contribution in [3.8, 4) is 0 Å². The quantitative estimate of drug-likeness (QED) is 0.834. The second kappa shape index (κ2) is 7.11. The van der Waals surface area contributed by atoms with Crippen molar-refractivity contribution in [1.29, 1.82) is 0 Å². The van der Waals surface area contributed by atoms with Gasteiger partial charge < -0.3 is 10.5 Å². The SMILES string of the molecule is COC(=O)[C@H](C)N1CCN(Cc2nc(N)c3ccccc3n2)CC1. The molecule has 24 heavy (non-hydrogen) atoms. The molecule has 0 unspecified atom stereocenters. The molecule has 0 spiro atoms. The highest BCUT2D eigenvalue weighted by molar-refractivity contribution is 5.87. The smallest absolute Gasteiger partial charge is 0.322 e. The van der Waals surface area contributed by atoms with Crippen molar-refractivity contribution >= 4 is 22.7 Å². The summed E-state index contributed by atoms with van der Waals surface area (Å²) < 4.78 is 4.81. The molecule has 2 heterocycles. The van der Waals surface area contributed by atoms with Crippen LogP contribution in [0.15, 0.2) is 24.3 Å². The largest absolute Gasteiger partial charge is 0.468 e. The first kappa shape index (κ1) is 16.6. The summed E-state index contributed by atoms with van der Waals surface area (Å²) >= 11 is 0. The Hall–Kier alpha value is -2.25. The van der Waals surface area contributed by atoms with Crippen LogP contribution in [0.4, 0.5) is 5.82 Å². The van der Waals surface area contributed by atoms with Gasteiger partial charge in [0.2, 0.25) is 0 Å². The average Bonchev–Trinajstić information content (AvgIpc) is 2.61. The van der Waals surface area contributed by atoms with Gasteiger partial charge in [-0.05, 0) is 19.1 Å². The van der Waals surface area contributed by atoms with E-state index in [0.29, 0.717) is 12.4 Å². The van der Waals surface area contributed by atoms with Gasteiger partial charge in [0.05, 0.1) is 19.2 Å². The summed E-state index contributed by atoms with van der Waals surface area (Å²) in [6.07, 6.45) is 0. The third-order valence-electron chi connectivity index (χ3n) is 4.54. The molecule has 0 amide bonds. The van der Waals surface area contributed by atoms with Crippen molar-refractivity contribution in [3.05, 3.63) is 30.1 Å². The number of nitrogens with two attached hydrogens (primary N) is 1. The maximum Gasteiger partial charge on any atom is 0.322 e. The van der Waals surface area contributed by atoms with Crippen LogP contribution in [0.3, 0.4) is 0 Å². The third kappa shape index (κ3) is 3.47. The molecule has 1 saturated heterocycles. The van der Waals surface area contributed by atoms with Crippen LogP contribution in [0.25, 0.3) is 10.9 Å². The lowest BCUT2D eigenvalue weighted by molar-refractivity contribution is -0.147. The number of carbonyl (C=O) groups excluding carboxylic acids is 1. The molecule has 0 aliphatic carbocycles. The molecule has 0 bridgehead atoms. The Morgan fingerprint density at radius 2 is 1.96 bits per heavy atom. The highest BCUT2D eigenvalue weighted by atomic mass is 16.5. The zero-order chi connectivity index (χ0) is 17.1. The fourth-order valence-electron chi connectivity index (χ4n) is 3.05. The number of aromatic nitrogens is 2. The van der Waals surface area contributed by atoms with Crippen molar-refractivity contribution in [2.24, 2.45) is 0 Å². The molecule has 1 fully saturated rings. The molecule has 0 saturated carbocycles. The molecule has 2 aromatic rings. The number of fused-ring (bicyclic) bond motifs is 1. The highest BCUT2D eigenvalue weighted by Gasteiger charge is 2.26. The van der Waals surface area contributed by atoms with Crippen LogP contribution in [-0.2, 0) is 16.1 Å². The van der Waals surface area contributed by atoms with E-state index in [-0.39, 0.29) is 12.0 Å². The number of nitrogen functional groups attached to an aromatic ring is 1. The van der Waals surface area contributed by atoms with Crippen molar-refractivity contribution in [1.82, 2.24) is 19.8 Å². The topological polar surface area (TPSA) is 84.6 Å². The molecule has 7 nitrogen and oxygen atoms in total. The number of hydrogen-bond acceptors (Lipinski definition) is 7. The fraction of sp³-hybridized carbons (Fsp3) is 0.471. The molecule has 1 atom stereocenters. The molecular weight excluding hydrogens is 306 g/mol. The lowest BCUT2D eigenvalue weighted by Gasteiger charge is -2.36. The number of para-hydroxylation sites is 1. The Labute approximate surface area is 141 Å². The van der Waals surface area contributed by atoms with Crippen molar-refractivity contribution in [3.63, 3.8) is 0 Å². The number of esters is 1. The number of piperazine rings is 1. The zero-order valence-corrected chi connectivity index (χ0v) is 14.1. The van der Waals surface area contributed by atoms with Crippen LogP contribution in [0.2, 0.25) is 0 Å². The molecule has 1 aromatic carbocycles. The number of nitrogens with zero attached hydrogens (tertiary/aromatic N) is 4. The molecule has 1 aromatic heterocycles. The van der Waals surface area contributed by atoms with Crippen LogP contribution in [-0.4, -0.2) is 65.1 Å². The molecule has 7 heteroatoms. The van der Waals surface area contributed by atoms with Gasteiger partial charge in [-0.15, -0.1) is 0 Å². The van der Waals surface area contributed by atoms with E-state index in [1.54, 1.807) is 0 Å². The third-order valence-corrected chi connectivity index (χ3v) is 4.54. The van der Waals surface area contributed by atoms with Crippen LogP contribution in [0, 0.1) is 0 Å². The van der Waals surface area contributed by atoms with Crippen molar-refractivity contribution < 1.29 is 9.53 Å². The van der Waals surface area contributed by atoms with Crippen LogP contribution in [0.1, 0.15) is 12.7 Å². The maximum absolute atomic E-state index is 11.6. The van der Waals surface area contributed by atoms with E-state index in [9.17, 15) is 4.79 Å². The van der Waals surface area contributed by atoms with E-state index >= 15 is 0 Å². The first-order valence-electron chi connectivity index (χ1n) is 8.14. The Morgan fingerprint density at radius 3 is 2.67 bits per heavy atom. The Morgan fingerprint density at radius 1 is 1.25 bits per heavy atom. The minimum Gasteiger partial charge on any atom is -0.468 e. The van der Waals surface area contributed by atoms with Gasteiger partial charge in [0, 0.05) is 31.6 Å². The van der Waals surface area contributed by atoms with Gasteiger partial charge in [-0.3, -0.25) is 14.6 Å². The Balaban J connectivity index is 1.63. The lowest BCUT2D eigenvalue weighted by Crippen LogP contribution is -2.51. The molecule has 0 radical (unpaired) electrons. The monoisotopic (exact) mass is 329 g/mol. The van der Waals surface area contributed by atoms with Gasteiger partial charge in [-0.2, -0.15) is 0 Å².